The van der Waals surface area contributed by atoms with E-state index in [0.717, 1.165) is 25.4 Å². The maximum absolute atomic E-state index is 9.26. The van der Waals surface area contributed by atoms with E-state index in [2.05, 4.69) is 32.2 Å². The molecule has 0 radical (unpaired) electrons. The van der Waals surface area contributed by atoms with E-state index in [4.69, 9.17) is 4.74 Å². The van der Waals surface area contributed by atoms with Crippen LogP contribution in [0.2, 0.25) is 0 Å². The molecule has 1 unspecified atom stereocenters. The van der Waals surface area contributed by atoms with Gasteiger partial charge in [-0.25, -0.2) is 0 Å². The van der Waals surface area contributed by atoms with Crippen LogP contribution in [0.5, 0.6) is 0 Å². The number of ether oxygens (including phenoxy) is 1. The molecule has 1 aliphatic rings. The summed E-state index contributed by atoms with van der Waals surface area (Å²) in [4.78, 5) is 0. The van der Waals surface area contributed by atoms with Gasteiger partial charge < -0.3 is 4.74 Å². The summed E-state index contributed by atoms with van der Waals surface area (Å²) in [5.41, 5.74) is -0.418. The molecular weight excluding hydrogens is 236 g/mol. The van der Waals surface area contributed by atoms with Crippen LogP contribution in [0, 0.1) is 17.2 Å². The molecule has 1 atom stereocenters. The summed E-state index contributed by atoms with van der Waals surface area (Å²) in [6.07, 6.45) is 7.29. The lowest BCUT2D eigenvalue weighted by Gasteiger charge is -2.28. The van der Waals surface area contributed by atoms with Crippen molar-refractivity contribution in [2.24, 2.45) is 5.92 Å². The maximum atomic E-state index is 9.26. The Labute approximate surface area is 118 Å². The first kappa shape index (κ1) is 16.5. The monoisotopic (exact) mass is 266 g/mol. The fraction of sp³-hybridized carbons (Fsp3) is 0.938. The molecule has 19 heavy (non-hydrogen) atoms. The Hall–Kier alpha value is -0.590. The van der Waals surface area contributed by atoms with E-state index in [0.29, 0.717) is 12.1 Å². The Morgan fingerprint density at radius 1 is 1.32 bits per heavy atom. The molecule has 0 aromatic rings. The summed E-state index contributed by atoms with van der Waals surface area (Å²) >= 11 is 0. The predicted molar refractivity (Wildman–Crippen MR) is 78.9 cm³/mol. The Morgan fingerprint density at radius 2 is 1.95 bits per heavy atom. The van der Waals surface area contributed by atoms with E-state index in [1.165, 1.54) is 25.7 Å². The molecule has 3 nitrogen and oxygen atoms in total. The third kappa shape index (κ3) is 6.40. The first-order chi connectivity index (χ1) is 8.95. The number of hydrogen-bond donors (Lipinski definition) is 1. The van der Waals surface area contributed by atoms with Crippen molar-refractivity contribution in [1.29, 1.82) is 5.26 Å². The number of nitrogens with zero attached hydrogens (tertiary/aromatic N) is 1. The van der Waals surface area contributed by atoms with Gasteiger partial charge in [-0.3, -0.25) is 5.32 Å². The van der Waals surface area contributed by atoms with Gasteiger partial charge in [0.25, 0.3) is 0 Å². The van der Waals surface area contributed by atoms with Crippen molar-refractivity contribution in [2.75, 3.05) is 6.61 Å². The summed E-state index contributed by atoms with van der Waals surface area (Å²) < 4.78 is 5.94. The first-order valence-corrected chi connectivity index (χ1v) is 7.76. The minimum absolute atomic E-state index is 0.338. The molecule has 0 amide bonds. The molecule has 0 aliphatic heterocycles. The van der Waals surface area contributed by atoms with Gasteiger partial charge in [0.2, 0.25) is 0 Å². The Morgan fingerprint density at radius 3 is 2.47 bits per heavy atom. The second-order valence-electron chi connectivity index (χ2n) is 6.60. The van der Waals surface area contributed by atoms with E-state index in [-0.39, 0.29) is 0 Å². The van der Waals surface area contributed by atoms with Gasteiger partial charge in [-0.15, -0.1) is 0 Å². The molecule has 0 heterocycles. The first-order valence-electron chi connectivity index (χ1n) is 7.76. The molecular formula is C16H30N2O. The zero-order valence-corrected chi connectivity index (χ0v) is 13.0. The molecule has 1 fully saturated rings. The average Bonchev–Trinajstić information content (AvgIpc) is 2.36. The topological polar surface area (TPSA) is 45.0 Å². The molecule has 1 rings (SSSR count). The average molecular weight is 266 g/mol. The minimum Gasteiger partial charge on any atom is -0.378 e. The van der Waals surface area contributed by atoms with Crippen LogP contribution in [0.15, 0.2) is 0 Å². The summed E-state index contributed by atoms with van der Waals surface area (Å²) in [5.74, 6) is 0.872. The van der Waals surface area contributed by atoms with Crippen molar-refractivity contribution in [2.45, 2.75) is 83.9 Å². The van der Waals surface area contributed by atoms with Crippen LogP contribution in [0.3, 0.4) is 0 Å². The van der Waals surface area contributed by atoms with Gasteiger partial charge in [-0.1, -0.05) is 6.92 Å². The van der Waals surface area contributed by atoms with Crippen LogP contribution in [0.1, 0.15) is 66.2 Å². The summed E-state index contributed by atoms with van der Waals surface area (Å²) in [6.45, 7) is 9.25. The molecule has 110 valence electrons. The van der Waals surface area contributed by atoms with Crippen molar-refractivity contribution in [3.8, 4) is 6.07 Å². The predicted octanol–water partition coefficient (Wildman–Crippen LogP) is 3.64. The fourth-order valence-corrected chi connectivity index (χ4v) is 2.87. The van der Waals surface area contributed by atoms with Crippen LogP contribution in [-0.4, -0.2) is 24.3 Å². The molecule has 1 saturated carbocycles. The van der Waals surface area contributed by atoms with Crippen LogP contribution in [0.4, 0.5) is 0 Å². The van der Waals surface area contributed by atoms with Crippen LogP contribution in [-0.2, 0) is 4.74 Å². The minimum atomic E-state index is -0.418. The van der Waals surface area contributed by atoms with Crippen molar-refractivity contribution in [1.82, 2.24) is 5.32 Å². The SMILES string of the molecule is CC1CCC(OCCCC(C)(C#N)NC(C)C)CC1. The highest BCUT2D eigenvalue weighted by Gasteiger charge is 2.24. The summed E-state index contributed by atoms with van der Waals surface area (Å²) in [6, 6.07) is 2.73. The highest BCUT2D eigenvalue weighted by molar-refractivity contribution is 5.04. The van der Waals surface area contributed by atoms with E-state index < -0.39 is 5.54 Å². The van der Waals surface area contributed by atoms with Gasteiger partial charge in [0, 0.05) is 12.6 Å². The van der Waals surface area contributed by atoms with Gasteiger partial charge in [-0.2, -0.15) is 5.26 Å². The third-order valence-corrected chi connectivity index (χ3v) is 3.99. The zero-order chi connectivity index (χ0) is 14.3. The van der Waals surface area contributed by atoms with E-state index in [9.17, 15) is 5.26 Å². The number of hydrogen-bond acceptors (Lipinski definition) is 3. The lowest BCUT2D eigenvalue weighted by molar-refractivity contribution is 0.0164. The zero-order valence-electron chi connectivity index (χ0n) is 13.0. The van der Waals surface area contributed by atoms with Crippen LogP contribution in [0.25, 0.3) is 0 Å². The number of nitrogens with one attached hydrogen (secondary N) is 1. The van der Waals surface area contributed by atoms with Gasteiger partial charge in [0.05, 0.1) is 12.2 Å². The fourth-order valence-electron chi connectivity index (χ4n) is 2.87. The number of nitriles is 1. The molecule has 0 bridgehead atoms. The summed E-state index contributed by atoms with van der Waals surface area (Å²) in [5, 5.41) is 12.6. The molecule has 0 aromatic carbocycles. The highest BCUT2D eigenvalue weighted by atomic mass is 16.5. The third-order valence-electron chi connectivity index (χ3n) is 3.99. The second-order valence-corrected chi connectivity index (χ2v) is 6.60. The standard InChI is InChI=1S/C16H30N2O/c1-13(2)18-16(4,12-17)10-5-11-19-15-8-6-14(3)7-9-15/h13-15,18H,5-11H2,1-4H3. The smallest absolute Gasteiger partial charge is 0.104 e. The molecule has 0 saturated heterocycles. The van der Waals surface area contributed by atoms with Gasteiger partial charge in [-0.05, 0) is 65.2 Å². The normalized spacial score (nSPS) is 26.9. The molecule has 1 N–H and O–H groups in total. The quantitative estimate of drug-likeness (QED) is 0.715. The van der Waals surface area contributed by atoms with Gasteiger partial charge in [0.1, 0.15) is 5.54 Å². The van der Waals surface area contributed by atoms with Gasteiger partial charge >= 0.3 is 0 Å². The van der Waals surface area contributed by atoms with Crippen LogP contribution < -0.4 is 5.32 Å². The van der Waals surface area contributed by atoms with E-state index in [1.54, 1.807) is 0 Å². The number of rotatable bonds is 7. The molecule has 0 spiro atoms. The molecule has 0 aromatic heterocycles. The molecule has 3 heteroatoms. The van der Waals surface area contributed by atoms with Crippen molar-refractivity contribution in [3.05, 3.63) is 0 Å². The molecule has 1 aliphatic carbocycles. The Bertz CT molecular complexity index is 290. The van der Waals surface area contributed by atoms with Crippen LogP contribution >= 0.6 is 0 Å². The lowest BCUT2D eigenvalue weighted by Crippen LogP contribution is -2.45. The van der Waals surface area contributed by atoms with Gasteiger partial charge in [0.15, 0.2) is 0 Å². The Kier molecular flexibility index (Phi) is 6.82. The Balaban J connectivity index is 2.17. The van der Waals surface area contributed by atoms with E-state index >= 15 is 0 Å². The largest absolute Gasteiger partial charge is 0.378 e. The van der Waals surface area contributed by atoms with Crippen molar-refractivity contribution < 1.29 is 4.74 Å². The summed E-state index contributed by atoms with van der Waals surface area (Å²) in [7, 11) is 0. The van der Waals surface area contributed by atoms with E-state index in [1.807, 2.05) is 6.92 Å². The lowest BCUT2D eigenvalue weighted by atomic mass is 9.89. The maximum Gasteiger partial charge on any atom is 0.104 e. The highest BCUT2D eigenvalue weighted by Crippen LogP contribution is 2.25. The van der Waals surface area contributed by atoms with Crippen molar-refractivity contribution >= 4 is 0 Å². The van der Waals surface area contributed by atoms with Crippen molar-refractivity contribution in [3.63, 3.8) is 0 Å². The second kappa shape index (κ2) is 7.87.